The SMILES string of the molecule is CCn1cc(C(C)NC(=O)c2cccc(COc3ccc(C(C)C)cc3)c2)c(C)n1. The van der Waals surface area contributed by atoms with Crippen molar-refractivity contribution in [3.63, 3.8) is 0 Å². The molecule has 30 heavy (non-hydrogen) atoms. The van der Waals surface area contributed by atoms with Gasteiger partial charge in [-0.2, -0.15) is 5.10 Å². The third kappa shape index (κ3) is 5.29. The molecule has 0 radical (unpaired) electrons. The maximum absolute atomic E-state index is 12.8. The lowest BCUT2D eigenvalue weighted by Crippen LogP contribution is -2.27. The molecule has 0 aliphatic heterocycles. The molecule has 5 heteroatoms. The van der Waals surface area contributed by atoms with Crippen LogP contribution in [-0.4, -0.2) is 15.7 Å². The number of ether oxygens (including phenoxy) is 1. The van der Waals surface area contributed by atoms with Gasteiger partial charge in [0.15, 0.2) is 0 Å². The molecule has 1 heterocycles. The first-order valence-corrected chi connectivity index (χ1v) is 10.5. The minimum absolute atomic E-state index is 0.103. The molecule has 0 fully saturated rings. The molecule has 1 unspecified atom stereocenters. The van der Waals surface area contributed by atoms with E-state index in [1.807, 2.05) is 68.0 Å². The van der Waals surface area contributed by atoms with Gasteiger partial charge < -0.3 is 10.1 Å². The number of nitrogens with zero attached hydrogens (tertiary/aromatic N) is 2. The third-order valence-corrected chi connectivity index (χ3v) is 5.26. The van der Waals surface area contributed by atoms with Crippen LogP contribution in [0.1, 0.15) is 72.4 Å². The van der Waals surface area contributed by atoms with Crippen LogP contribution in [0.4, 0.5) is 0 Å². The number of amides is 1. The predicted molar refractivity (Wildman–Crippen MR) is 120 cm³/mol. The number of rotatable bonds is 8. The average Bonchev–Trinajstić information content (AvgIpc) is 3.13. The summed E-state index contributed by atoms with van der Waals surface area (Å²) in [6.45, 7) is 11.6. The highest BCUT2D eigenvalue weighted by atomic mass is 16.5. The summed E-state index contributed by atoms with van der Waals surface area (Å²) in [4.78, 5) is 12.8. The smallest absolute Gasteiger partial charge is 0.251 e. The van der Waals surface area contributed by atoms with E-state index in [0.29, 0.717) is 18.1 Å². The number of carbonyl (C=O) groups is 1. The fourth-order valence-electron chi connectivity index (χ4n) is 3.40. The van der Waals surface area contributed by atoms with E-state index in [9.17, 15) is 4.79 Å². The van der Waals surface area contributed by atoms with E-state index in [1.165, 1.54) is 5.56 Å². The number of carbonyl (C=O) groups excluding carboxylic acids is 1. The number of aryl methyl sites for hydroxylation is 2. The largest absolute Gasteiger partial charge is 0.489 e. The Morgan fingerprint density at radius 1 is 1.13 bits per heavy atom. The zero-order chi connectivity index (χ0) is 21.7. The lowest BCUT2D eigenvalue weighted by atomic mass is 10.0. The Balaban J connectivity index is 1.62. The second-order valence-corrected chi connectivity index (χ2v) is 7.93. The standard InChI is InChI=1S/C25H31N3O2/c1-6-28-15-24(19(5)27-28)18(4)26-25(29)22-9-7-8-20(14-22)16-30-23-12-10-21(11-13-23)17(2)3/h7-15,17-18H,6,16H2,1-5H3,(H,26,29). The molecule has 1 atom stereocenters. The number of hydrogen-bond acceptors (Lipinski definition) is 3. The summed E-state index contributed by atoms with van der Waals surface area (Å²) in [5, 5.41) is 7.54. The summed E-state index contributed by atoms with van der Waals surface area (Å²) in [5.74, 6) is 1.22. The number of aromatic nitrogens is 2. The van der Waals surface area contributed by atoms with Crippen molar-refractivity contribution >= 4 is 5.91 Å². The van der Waals surface area contributed by atoms with E-state index in [1.54, 1.807) is 0 Å². The second kappa shape index (κ2) is 9.61. The molecule has 1 aromatic heterocycles. The van der Waals surface area contributed by atoms with Crippen LogP contribution >= 0.6 is 0 Å². The lowest BCUT2D eigenvalue weighted by Gasteiger charge is -2.14. The Morgan fingerprint density at radius 3 is 2.50 bits per heavy atom. The quantitative estimate of drug-likeness (QED) is 0.545. The van der Waals surface area contributed by atoms with Crippen LogP contribution in [0.25, 0.3) is 0 Å². The molecule has 2 aromatic carbocycles. The summed E-state index contributed by atoms with van der Waals surface area (Å²) in [6.07, 6.45) is 2.00. The number of nitrogens with one attached hydrogen (secondary N) is 1. The van der Waals surface area contributed by atoms with Gasteiger partial charge in [0.05, 0.1) is 11.7 Å². The molecular formula is C25H31N3O2. The van der Waals surface area contributed by atoms with Crippen molar-refractivity contribution in [3.8, 4) is 5.75 Å². The lowest BCUT2D eigenvalue weighted by molar-refractivity contribution is 0.0939. The molecule has 0 aliphatic carbocycles. The highest BCUT2D eigenvalue weighted by molar-refractivity contribution is 5.94. The van der Waals surface area contributed by atoms with Crippen molar-refractivity contribution in [1.29, 1.82) is 0 Å². The van der Waals surface area contributed by atoms with Crippen LogP contribution in [0.15, 0.2) is 54.7 Å². The van der Waals surface area contributed by atoms with Crippen molar-refractivity contribution < 1.29 is 9.53 Å². The van der Waals surface area contributed by atoms with E-state index in [4.69, 9.17) is 4.74 Å². The first kappa shape index (κ1) is 21.6. The van der Waals surface area contributed by atoms with Crippen LogP contribution in [0.5, 0.6) is 5.75 Å². The molecule has 1 N–H and O–H groups in total. The molecule has 0 spiro atoms. The van der Waals surface area contributed by atoms with Gasteiger partial charge in [0.1, 0.15) is 12.4 Å². The van der Waals surface area contributed by atoms with Gasteiger partial charge in [-0.1, -0.05) is 38.1 Å². The van der Waals surface area contributed by atoms with Gasteiger partial charge in [0, 0.05) is 23.9 Å². The van der Waals surface area contributed by atoms with E-state index >= 15 is 0 Å². The van der Waals surface area contributed by atoms with Crippen molar-refractivity contribution in [2.75, 3.05) is 0 Å². The Labute approximate surface area is 179 Å². The minimum Gasteiger partial charge on any atom is -0.489 e. The molecule has 1 amide bonds. The van der Waals surface area contributed by atoms with Gasteiger partial charge in [-0.15, -0.1) is 0 Å². The maximum Gasteiger partial charge on any atom is 0.251 e. The Hall–Kier alpha value is -3.08. The van der Waals surface area contributed by atoms with E-state index in [-0.39, 0.29) is 11.9 Å². The highest BCUT2D eigenvalue weighted by Gasteiger charge is 2.16. The van der Waals surface area contributed by atoms with Crippen LogP contribution in [0, 0.1) is 6.92 Å². The maximum atomic E-state index is 12.8. The van der Waals surface area contributed by atoms with E-state index in [0.717, 1.165) is 29.1 Å². The average molecular weight is 406 g/mol. The third-order valence-electron chi connectivity index (χ3n) is 5.26. The summed E-state index contributed by atoms with van der Waals surface area (Å²) < 4.78 is 7.79. The number of benzene rings is 2. The van der Waals surface area contributed by atoms with Crippen molar-refractivity contribution in [3.05, 3.63) is 82.7 Å². The summed E-state index contributed by atoms with van der Waals surface area (Å²) in [6, 6.07) is 15.6. The minimum atomic E-state index is -0.114. The van der Waals surface area contributed by atoms with Crippen molar-refractivity contribution in [2.45, 2.75) is 59.7 Å². The van der Waals surface area contributed by atoms with E-state index in [2.05, 4.69) is 36.4 Å². The van der Waals surface area contributed by atoms with Gasteiger partial charge in [-0.05, 0) is 62.1 Å². The fourth-order valence-corrected chi connectivity index (χ4v) is 3.40. The first-order valence-electron chi connectivity index (χ1n) is 10.5. The molecule has 3 aromatic rings. The molecule has 0 bridgehead atoms. The second-order valence-electron chi connectivity index (χ2n) is 7.93. The van der Waals surface area contributed by atoms with Crippen LogP contribution in [0.3, 0.4) is 0 Å². The van der Waals surface area contributed by atoms with Crippen LogP contribution in [-0.2, 0) is 13.2 Å². The topological polar surface area (TPSA) is 56.2 Å². The number of hydrogen-bond donors (Lipinski definition) is 1. The van der Waals surface area contributed by atoms with Crippen LogP contribution < -0.4 is 10.1 Å². The van der Waals surface area contributed by atoms with Gasteiger partial charge in [0.25, 0.3) is 5.91 Å². The van der Waals surface area contributed by atoms with Gasteiger partial charge >= 0.3 is 0 Å². The van der Waals surface area contributed by atoms with Crippen molar-refractivity contribution in [2.24, 2.45) is 0 Å². The Kier molecular flexibility index (Phi) is 6.93. The molecule has 5 nitrogen and oxygen atoms in total. The summed E-state index contributed by atoms with van der Waals surface area (Å²) in [5.41, 5.74) is 4.84. The zero-order valence-electron chi connectivity index (χ0n) is 18.5. The summed E-state index contributed by atoms with van der Waals surface area (Å²) in [7, 11) is 0. The predicted octanol–water partition coefficient (Wildman–Crippen LogP) is 5.40. The van der Waals surface area contributed by atoms with Gasteiger partial charge in [-0.25, -0.2) is 0 Å². The molecule has 158 valence electrons. The van der Waals surface area contributed by atoms with Gasteiger partial charge in [0.2, 0.25) is 0 Å². The van der Waals surface area contributed by atoms with Gasteiger partial charge in [-0.3, -0.25) is 9.48 Å². The van der Waals surface area contributed by atoms with Crippen molar-refractivity contribution in [1.82, 2.24) is 15.1 Å². The fraction of sp³-hybridized carbons (Fsp3) is 0.360. The Bertz CT molecular complexity index is 990. The van der Waals surface area contributed by atoms with E-state index < -0.39 is 0 Å². The van der Waals surface area contributed by atoms with Crippen LogP contribution in [0.2, 0.25) is 0 Å². The molecular weight excluding hydrogens is 374 g/mol. The summed E-state index contributed by atoms with van der Waals surface area (Å²) >= 11 is 0. The molecule has 0 saturated heterocycles. The Morgan fingerprint density at radius 2 is 1.87 bits per heavy atom. The first-order chi connectivity index (χ1) is 14.4. The molecule has 3 rings (SSSR count). The molecule has 0 saturated carbocycles. The highest BCUT2D eigenvalue weighted by Crippen LogP contribution is 2.20. The zero-order valence-corrected chi connectivity index (χ0v) is 18.5. The molecule has 0 aliphatic rings. The monoisotopic (exact) mass is 405 g/mol. The normalized spacial score (nSPS) is 12.1.